The largest absolute Gasteiger partial charge is 0.391 e. The van der Waals surface area contributed by atoms with Crippen LogP contribution in [0.15, 0.2) is 0 Å². The molecular formula is C18H35F3. The molecule has 0 fully saturated rings. The highest BCUT2D eigenvalue weighted by molar-refractivity contribution is 4.79. The molecule has 128 valence electrons. The third-order valence-electron chi connectivity index (χ3n) is 4.63. The molecule has 1 unspecified atom stereocenters. The fourth-order valence-electron chi connectivity index (χ4n) is 3.14. The van der Waals surface area contributed by atoms with Crippen molar-refractivity contribution < 1.29 is 13.2 Å². The first-order valence-electron chi connectivity index (χ1n) is 8.82. The lowest BCUT2D eigenvalue weighted by molar-refractivity contribution is -0.178. The summed E-state index contributed by atoms with van der Waals surface area (Å²) in [4.78, 5) is 0. The third-order valence-corrected chi connectivity index (χ3v) is 4.63. The highest BCUT2D eigenvalue weighted by Gasteiger charge is 2.40. The van der Waals surface area contributed by atoms with Crippen molar-refractivity contribution in [3.63, 3.8) is 0 Å². The molecule has 0 rings (SSSR count). The molecule has 0 saturated heterocycles. The summed E-state index contributed by atoms with van der Waals surface area (Å²) in [5, 5.41) is 0. The zero-order valence-corrected chi connectivity index (χ0v) is 14.5. The van der Waals surface area contributed by atoms with E-state index >= 15 is 0 Å². The highest BCUT2D eigenvalue weighted by atomic mass is 19.4. The van der Waals surface area contributed by atoms with Crippen LogP contribution < -0.4 is 0 Å². The predicted octanol–water partition coefficient (Wildman–Crippen LogP) is 7.52. The Balaban J connectivity index is 4.43. The van der Waals surface area contributed by atoms with Crippen LogP contribution in [0.2, 0.25) is 0 Å². The first kappa shape index (κ1) is 20.8. The Kier molecular flexibility index (Phi) is 10.4. The van der Waals surface area contributed by atoms with Crippen LogP contribution in [0.25, 0.3) is 0 Å². The number of alkyl halides is 3. The van der Waals surface area contributed by atoms with Crippen LogP contribution in [0.1, 0.15) is 98.3 Å². The summed E-state index contributed by atoms with van der Waals surface area (Å²) < 4.78 is 38.6. The van der Waals surface area contributed by atoms with Crippen LogP contribution in [0, 0.1) is 11.3 Å². The van der Waals surface area contributed by atoms with Gasteiger partial charge in [-0.05, 0) is 24.7 Å². The second-order valence-corrected chi connectivity index (χ2v) is 7.08. The number of halogens is 3. The molecule has 0 heterocycles. The van der Waals surface area contributed by atoms with Gasteiger partial charge in [0.25, 0.3) is 0 Å². The monoisotopic (exact) mass is 308 g/mol. The molecule has 0 aromatic heterocycles. The van der Waals surface area contributed by atoms with E-state index in [0.29, 0.717) is 0 Å². The van der Waals surface area contributed by atoms with Gasteiger partial charge in [-0.15, -0.1) is 0 Å². The third kappa shape index (κ3) is 10.2. The van der Waals surface area contributed by atoms with Crippen LogP contribution in [-0.2, 0) is 0 Å². The van der Waals surface area contributed by atoms with E-state index in [0.717, 1.165) is 38.5 Å². The molecule has 0 aliphatic rings. The van der Waals surface area contributed by atoms with Crippen molar-refractivity contribution in [3.8, 4) is 0 Å². The van der Waals surface area contributed by atoms with Gasteiger partial charge in [-0.25, -0.2) is 0 Å². The molecule has 3 heteroatoms. The van der Waals surface area contributed by atoms with Crippen molar-refractivity contribution in [2.75, 3.05) is 0 Å². The Morgan fingerprint density at radius 2 is 1.19 bits per heavy atom. The Bertz CT molecular complexity index is 233. The number of hydrogen-bond acceptors (Lipinski definition) is 0. The summed E-state index contributed by atoms with van der Waals surface area (Å²) >= 11 is 0. The normalized spacial score (nSPS) is 14.4. The summed E-state index contributed by atoms with van der Waals surface area (Å²) in [6, 6.07) is 0. The van der Waals surface area contributed by atoms with Crippen molar-refractivity contribution in [1.29, 1.82) is 0 Å². The minimum atomic E-state index is -4.05. The lowest BCUT2D eigenvalue weighted by atomic mass is 9.73. The SMILES string of the molecule is CCCCCCC(C)(CCCCCC)CC(C)C(F)(F)F. The fourth-order valence-corrected chi connectivity index (χ4v) is 3.14. The maximum Gasteiger partial charge on any atom is 0.391 e. The van der Waals surface area contributed by atoms with E-state index in [1.807, 2.05) is 0 Å². The van der Waals surface area contributed by atoms with Crippen molar-refractivity contribution >= 4 is 0 Å². The van der Waals surface area contributed by atoms with E-state index in [4.69, 9.17) is 0 Å². The van der Waals surface area contributed by atoms with E-state index < -0.39 is 12.1 Å². The van der Waals surface area contributed by atoms with Crippen LogP contribution in [0.3, 0.4) is 0 Å². The molecule has 0 bridgehead atoms. The lowest BCUT2D eigenvalue weighted by Gasteiger charge is -2.33. The van der Waals surface area contributed by atoms with Gasteiger partial charge in [-0.1, -0.05) is 79.1 Å². The van der Waals surface area contributed by atoms with Gasteiger partial charge in [0.15, 0.2) is 0 Å². The minimum absolute atomic E-state index is 0.142. The standard InChI is InChI=1S/C18H35F3/c1-5-7-9-11-13-17(4,14-12-10-8-6-2)15-16(3)18(19,20)21/h16H,5-15H2,1-4H3. The molecule has 0 aliphatic carbocycles. The predicted molar refractivity (Wildman–Crippen MR) is 85.5 cm³/mol. The van der Waals surface area contributed by atoms with Gasteiger partial charge in [-0.2, -0.15) is 13.2 Å². The molecule has 1 atom stereocenters. The van der Waals surface area contributed by atoms with Crippen molar-refractivity contribution in [3.05, 3.63) is 0 Å². The number of hydrogen-bond donors (Lipinski definition) is 0. The van der Waals surface area contributed by atoms with Crippen LogP contribution in [0.5, 0.6) is 0 Å². The molecule has 0 aromatic carbocycles. The Morgan fingerprint density at radius 1 is 0.762 bits per heavy atom. The summed E-state index contributed by atoms with van der Waals surface area (Å²) in [6.07, 6.45) is 7.32. The van der Waals surface area contributed by atoms with Gasteiger partial charge in [0.05, 0.1) is 5.92 Å². The zero-order valence-electron chi connectivity index (χ0n) is 14.5. The van der Waals surface area contributed by atoms with Crippen LogP contribution in [-0.4, -0.2) is 6.18 Å². The number of rotatable bonds is 12. The van der Waals surface area contributed by atoms with E-state index in [1.54, 1.807) is 0 Å². The summed E-state index contributed by atoms with van der Waals surface area (Å²) in [5.41, 5.74) is -0.142. The van der Waals surface area contributed by atoms with E-state index in [9.17, 15) is 13.2 Å². The molecule has 0 radical (unpaired) electrons. The second-order valence-electron chi connectivity index (χ2n) is 7.08. The van der Waals surface area contributed by atoms with Gasteiger partial charge < -0.3 is 0 Å². The summed E-state index contributed by atoms with van der Waals surface area (Å²) in [7, 11) is 0. The Morgan fingerprint density at radius 3 is 1.52 bits per heavy atom. The number of unbranched alkanes of at least 4 members (excludes halogenated alkanes) is 6. The van der Waals surface area contributed by atoms with E-state index in [1.165, 1.54) is 32.6 Å². The quantitative estimate of drug-likeness (QED) is 0.327. The second kappa shape index (κ2) is 10.5. The van der Waals surface area contributed by atoms with Gasteiger partial charge in [0.2, 0.25) is 0 Å². The van der Waals surface area contributed by atoms with Crippen LogP contribution in [0.4, 0.5) is 13.2 Å². The molecule has 0 aliphatic heterocycles. The average molecular weight is 308 g/mol. The topological polar surface area (TPSA) is 0 Å². The maximum absolute atomic E-state index is 12.9. The minimum Gasteiger partial charge on any atom is -0.171 e. The molecule has 0 amide bonds. The molecule has 0 aromatic rings. The van der Waals surface area contributed by atoms with Crippen LogP contribution >= 0.6 is 0 Å². The van der Waals surface area contributed by atoms with E-state index in [-0.39, 0.29) is 11.8 Å². The molecular weight excluding hydrogens is 273 g/mol. The van der Waals surface area contributed by atoms with E-state index in [2.05, 4.69) is 20.8 Å². The van der Waals surface area contributed by atoms with Gasteiger partial charge in [0, 0.05) is 0 Å². The fraction of sp³-hybridized carbons (Fsp3) is 1.00. The average Bonchev–Trinajstić information content (AvgIpc) is 2.39. The first-order valence-corrected chi connectivity index (χ1v) is 8.82. The van der Waals surface area contributed by atoms with Crippen molar-refractivity contribution in [2.45, 2.75) is 105 Å². The van der Waals surface area contributed by atoms with Gasteiger partial charge in [0.1, 0.15) is 0 Å². The van der Waals surface area contributed by atoms with Crippen molar-refractivity contribution in [1.82, 2.24) is 0 Å². The first-order chi connectivity index (χ1) is 9.75. The van der Waals surface area contributed by atoms with Gasteiger partial charge >= 0.3 is 6.18 Å². The smallest absolute Gasteiger partial charge is 0.171 e. The Hall–Kier alpha value is -0.210. The summed E-state index contributed by atoms with van der Waals surface area (Å²) in [5.74, 6) is -1.18. The molecule has 21 heavy (non-hydrogen) atoms. The molecule has 0 spiro atoms. The highest BCUT2D eigenvalue weighted by Crippen LogP contribution is 2.42. The van der Waals surface area contributed by atoms with Gasteiger partial charge in [-0.3, -0.25) is 0 Å². The zero-order chi connectivity index (χ0) is 16.4. The van der Waals surface area contributed by atoms with Crippen molar-refractivity contribution in [2.24, 2.45) is 11.3 Å². The Labute approximate surface area is 129 Å². The summed E-state index contributed by atoms with van der Waals surface area (Å²) in [6.45, 7) is 7.74. The molecule has 0 nitrogen and oxygen atoms in total. The lowest BCUT2D eigenvalue weighted by Crippen LogP contribution is -2.28. The molecule has 0 N–H and O–H groups in total. The maximum atomic E-state index is 12.9. The molecule has 0 saturated carbocycles.